The minimum absolute atomic E-state index is 0.0638. The van der Waals surface area contributed by atoms with E-state index in [1.807, 2.05) is 0 Å². The van der Waals surface area contributed by atoms with E-state index in [0.717, 1.165) is 6.07 Å². The summed E-state index contributed by atoms with van der Waals surface area (Å²) in [6.45, 7) is -0.346. The molecule has 0 fully saturated rings. The predicted molar refractivity (Wildman–Crippen MR) is 69.3 cm³/mol. The number of benzene rings is 1. The van der Waals surface area contributed by atoms with Crippen molar-refractivity contribution in [3.8, 4) is 11.8 Å². The second-order valence-electron chi connectivity index (χ2n) is 3.81. The number of hydrogen-bond donors (Lipinski definition) is 2. The normalized spacial score (nSPS) is 9.75. The van der Waals surface area contributed by atoms with Gasteiger partial charge in [0.2, 0.25) is 5.95 Å². The highest BCUT2D eigenvalue weighted by Gasteiger charge is 2.14. The fraction of sp³-hybridized carbons (Fsp3) is 0.154. The molecule has 1 amide bonds. The molecule has 0 saturated heterocycles. The topological polar surface area (TPSA) is 80.0 Å². The maximum Gasteiger partial charge on any atom is 0.259 e. The molecule has 1 aromatic heterocycles. The number of hydrogen-bond acceptors (Lipinski definition) is 4. The first kappa shape index (κ1) is 13.7. The zero-order valence-corrected chi connectivity index (χ0v) is 10.6. The number of nitrogens with one attached hydrogen (secondary N) is 1. The van der Waals surface area contributed by atoms with Crippen LogP contribution in [0, 0.1) is 17.7 Å². The van der Waals surface area contributed by atoms with Crippen molar-refractivity contribution < 1.29 is 14.3 Å². The van der Waals surface area contributed by atoms with Gasteiger partial charge in [0.05, 0.1) is 5.56 Å². The summed E-state index contributed by atoms with van der Waals surface area (Å²) in [6, 6.07) is 3.65. The number of halogens is 1. The lowest BCUT2D eigenvalue weighted by Crippen LogP contribution is -2.17. The maximum atomic E-state index is 13.3. The summed E-state index contributed by atoms with van der Waals surface area (Å²) in [5, 5.41) is 15.0. The van der Waals surface area contributed by atoms with Gasteiger partial charge >= 0.3 is 0 Å². The van der Waals surface area contributed by atoms with E-state index in [2.05, 4.69) is 27.2 Å². The van der Waals surface area contributed by atoms with Gasteiger partial charge in [-0.05, 0) is 18.2 Å². The Labute approximate surface area is 114 Å². The van der Waals surface area contributed by atoms with E-state index >= 15 is 0 Å². The molecule has 1 heterocycles. The summed E-state index contributed by atoms with van der Waals surface area (Å²) in [7, 11) is 1.61. The smallest absolute Gasteiger partial charge is 0.259 e. The molecular formula is C13H11FN4O2. The largest absolute Gasteiger partial charge is 0.384 e. The first-order valence-electron chi connectivity index (χ1n) is 5.66. The molecule has 0 spiro atoms. The van der Waals surface area contributed by atoms with Crippen LogP contribution in [-0.4, -0.2) is 32.4 Å². The summed E-state index contributed by atoms with van der Waals surface area (Å²) in [5.74, 6) is 4.14. The van der Waals surface area contributed by atoms with Crippen LogP contribution in [0.3, 0.4) is 0 Å². The molecule has 2 aromatic rings. The van der Waals surface area contributed by atoms with Gasteiger partial charge in [-0.3, -0.25) is 10.1 Å². The van der Waals surface area contributed by atoms with Crippen molar-refractivity contribution in [3.63, 3.8) is 0 Å². The number of rotatable bonds is 2. The van der Waals surface area contributed by atoms with E-state index in [9.17, 15) is 9.18 Å². The number of aliphatic hydroxyl groups excluding tert-OH is 1. The van der Waals surface area contributed by atoms with Crippen LogP contribution in [0.2, 0.25) is 0 Å². The molecule has 0 aliphatic carbocycles. The number of carbonyl (C=O) groups excluding carboxylic acids is 1. The average Bonchev–Trinajstić information content (AvgIpc) is 2.83. The van der Waals surface area contributed by atoms with Crippen molar-refractivity contribution >= 4 is 11.9 Å². The Balaban J connectivity index is 2.33. The first-order chi connectivity index (χ1) is 9.61. The van der Waals surface area contributed by atoms with Gasteiger partial charge in [-0.1, -0.05) is 11.8 Å². The van der Waals surface area contributed by atoms with Gasteiger partial charge in [-0.25, -0.2) is 9.07 Å². The van der Waals surface area contributed by atoms with Crippen LogP contribution in [0.5, 0.6) is 0 Å². The van der Waals surface area contributed by atoms with Crippen LogP contribution in [0.25, 0.3) is 0 Å². The van der Waals surface area contributed by atoms with Crippen molar-refractivity contribution in [2.24, 2.45) is 7.05 Å². The third-order valence-electron chi connectivity index (χ3n) is 2.47. The number of nitrogens with zero attached hydrogens (tertiary/aromatic N) is 3. The van der Waals surface area contributed by atoms with Crippen molar-refractivity contribution in [1.82, 2.24) is 14.8 Å². The van der Waals surface area contributed by atoms with Crippen LogP contribution < -0.4 is 5.32 Å². The van der Waals surface area contributed by atoms with Gasteiger partial charge in [0.25, 0.3) is 5.91 Å². The molecule has 0 aliphatic rings. The highest BCUT2D eigenvalue weighted by atomic mass is 19.1. The van der Waals surface area contributed by atoms with Crippen LogP contribution in [0.4, 0.5) is 10.3 Å². The van der Waals surface area contributed by atoms with Crippen LogP contribution in [0.15, 0.2) is 24.5 Å². The third-order valence-corrected chi connectivity index (χ3v) is 2.47. The van der Waals surface area contributed by atoms with E-state index in [1.54, 1.807) is 7.05 Å². The number of aliphatic hydroxyl groups is 1. The number of anilines is 1. The first-order valence-corrected chi connectivity index (χ1v) is 5.66. The van der Waals surface area contributed by atoms with E-state index in [-0.39, 0.29) is 18.1 Å². The van der Waals surface area contributed by atoms with Crippen LogP contribution >= 0.6 is 0 Å². The minimum Gasteiger partial charge on any atom is -0.384 e. The lowest BCUT2D eigenvalue weighted by Gasteiger charge is -2.06. The number of carbonyl (C=O) groups is 1. The molecule has 0 unspecified atom stereocenters. The number of aromatic nitrogens is 3. The molecule has 0 radical (unpaired) electrons. The fourth-order valence-corrected chi connectivity index (χ4v) is 1.53. The van der Waals surface area contributed by atoms with Crippen LogP contribution in [-0.2, 0) is 7.05 Å². The quantitative estimate of drug-likeness (QED) is 0.784. The molecule has 0 saturated carbocycles. The minimum atomic E-state index is -0.553. The molecule has 7 heteroatoms. The maximum absolute atomic E-state index is 13.3. The lowest BCUT2D eigenvalue weighted by molar-refractivity contribution is 0.102. The molecule has 2 rings (SSSR count). The van der Waals surface area contributed by atoms with Crippen molar-refractivity contribution in [1.29, 1.82) is 0 Å². The van der Waals surface area contributed by atoms with E-state index < -0.39 is 11.7 Å². The van der Waals surface area contributed by atoms with E-state index in [0.29, 0.717) is 5.56 Å². The zero-order chi connectivity index (χ0) is 14.5. The summed E-state index contributed by atoms with van der Waals surface area (Å²) < 4.78 is 14.6. The summed E-state index contributed by atoms with van der Waals surface area (Å²) in [4.78, 5) is 16.0. The molecule has 6 nitrogen and oxygen atoms in total. The highest BCUT2D eigenvalue weighted by Crippen LogP contribution is 2.12. The Hall–Kier alpha value is -2.72. The van der Waals surface area contributed by atoms with Crippen LogP contribution in [0.1, 0.15) is 15.9 Å². The Bertz CT molecular complexity index is 700. The lowest BCUT2D eigenvalue weighted by atomic mass is 10.1. The summed E-state index contributed by atoms with van der Waals surface area (Å²) in [6.07, 6.45) is 1.29. The van der Waals surface area contributed by atoms with Gasteiger partial charge in [-0.2, -0.15) is 10.1 Å². The van der Waals surface area contributed by atoms with Gasteiger partial charge < -0.3 is 5.11 Å². The Morgan fingerprint density at radius 3 is 3.00 bits per heavy atom. The summed E-state index contributed by atoms with van der Waals surface area (Å²) >= 11 is 0. The molecular weight excluding hydrogens is 263 g/mol. The second-order valence-corrected chi connectivity index (χ2v) is 3.81. The SMILES string of the molecule is Cn1ncnc1NC(=O)c1cc(F)ccc1C#CCO. The molecule has 1 aromatic carbocycles. The van der Waals surface area contributed by atoms with Gasteiger partial charge in [0.15, 0.2) is 0 Å². The molecule has 0 bridgehead atoms. The Morgan fingerprint density at radius 2 is 2.35 bits per heavy atom. The summed E-state index contributed by atoms with van der Waals surface area (Å²) in [5.41, 5.74) is 0.383. The Kier molecular flexibility index (Phi) is 4.08. The molecule has 0 aliphatic heterocycles. The number of amides is 1. The van der Waals surface area contributed by atoms with Gasteiger partial charge in [0, 0.05) is 12.6 Å². The van der Waals surface area contributed by atoms with Crippen molar-refractivity contribution in [2.45, 2.75) is 0 Å². The third kappa shape index (κ3) is 2.99. The average molecular weight is 274 g/mol. The molecule has 102 valence electrons. The monoisotopic (exact) mass is 274 g/mol. The fourth-order valence-electron chi connectivity index (χ4n) is 1.53. The van der Waals surface area contributed by atoms with E-state index in [4.69, 9.17) is 5.11 Å². The van der Waals surface area contributed by atoms with Gasteiger partial charge in [-0.15, -0.1) is 0 Å². The van der Waals surface area contributed by atoms with Crippen molar-refractivity contribution in [2.75, 3.05) is 11.9 Å². The highest BCUT2D eigenvalue weighted by molar-refractivity contribution is 6.05. The zero-order valence-electron chi connectivity index (χ0n) is 10.6. The standard InChI is InChI=1S/C13H11FN4O2/c1-18-13(15-8-16-18)17-12(20)11-7-10(14)5-4-9(11)3-2-6-19/h4-5,7-8,19H,6H2,1H3,(H,15,16,17,20). The molecule has 20 heavy (non-hydrogen) atoms. The molecule has 0 atom stereocenters. The second kappa shape index (κ2) is 5.95. The Morgan fingerprint density at radius 1 is 1.55 bits per heavy atom. The van der Waals surface area contributed by atoms with Crippen molar-refractivity contribution in [3.05, 3.63) is 41.5 Å². The predicted octanol–water partition coefficient (Wildman–Crippen LogP) is 0.550. The molecule has 2 N–H and O–H groups in total. The van der Waals surface area contributed by atoms with E-state index in [1.165, 1.54) is 23.1 Å². The van der Waals surface area contributed by atoms with Gasteiger partial charge in [0.1, 0.15) is 18.8 Å². The number of aryl methyl sites for hydroxylation is 1.